The molecule has 1 aliphatic rings. The van der Waals surface area contributed by atoms with Crippen molar-refractivity contribution in [3.63, 3.8) is 0 Å². The van der Waals surface area contributed by atoms with Crippen molar-refractivity contribution in [1.82, 2.24) is 0 Å². The monoisotopic (exact) mass is 188 g/mol. The molecule has 1 heterocycles. The normalized spacial score (nSPS) is 13.8. The molecule has 1 aliphatic heterocycles. The molecule has 1 aromatic carbocycles. The van der Waals surface area contributed by atoms with Gasteiger partial charge in [-0.05, 0) is 18.6 Å². The van der Waals surface area contributed by atoms with Gasteiger partial charge >= 0.3 is 0 Å². The minimum absolute atomic E-state index is 0.377. The Bertz CT molecular complexity index is 381. The number of anilines is 1. The van der Waals surface area contributed by atoms with Gasteiger partial charge in [0.25, 0.3) is 0 Å². The van der Waals surface area contributed by atoms with Crippen LogP contribution >= 0.6 is 0 Å². The van der Waals surface area contributed by atoms with Crippen molar-refractivity contribution in [3.8, 4) is 11.8 Å². The van der Waals surface area contributed by atoms with Crippen LogP contribution in [0, 0.1) is 11.3 Å². The number of nitriles is 1. The second-order valence-corrected chi connectivity index (χ2v) is 3.42. The molecule has 0 saturated heterocycles. The fraction of sp³-hybridized carbons (Fsp3) is 0.364. The summed E-state index contributed by atoms with van der Waals surface area (Å²) in [7, 11) is 0. The Balaban J connectivity index is 2.23. The highest BCUT2D eigenvalue weighted by Gasteiger charge is 2.20. The molecule has 3 heteroatoms. The second kappa shape index (κ2) is 3.59. The molecule has 72 valence electrons. The van der Waals surface area contributed by atoms with Gasteiger partial charge in [-0.3, -0.25) is 0 Å². The first-order valence-electron chi connectivity index (χ1n) is 4.75. The molecular weight excluding hydrogens is 176 g/mol. The van der Waals surface area contributed by atoms with E-state index >= 15 is 0 Å². The molecule has 2 rings (SSSR count). The summed E-state index contributed by atoms with van der Waals surface area (Å²) < 4.78 is 0. The Morgan fingerprint density at radius 3 is 3.14 bits per heavy atom. The highest BCUT2D eigenvalue weighted by molar-refractivity contribution is 5.62. The van der Waals surface area contributed by atoms with E-state index in [0.717, 1.165) is 30.8 Å². The van der Waals surface area contributed by atoms with Gasteiger partial charge in [-0.1, -0.05) is 6.07 Å². The Labute approximate surface area is 83.2 Å². The number of phenols is 1. The van der Waals surface area contributed by atoms with E-state index in [1.54, 1.807) is 6.07 Å². The quantitative estimate of drug-likeness (QED) is 0.768. The van der Waals surface area contributed by atoms with Gasteiger partial charge in [-0.15, -0.1) is 0 Å². The third-order valence-corrected chi connectivity index (χ3v) is 2.59. The van der Waals surface area contributed by atoms with Crippen LogP contribution in [0.2, 0.25) is 0 Å². The maximum Gasteiger partial charge on any atom is 0.120 e. The van der Waals surface area contributed by atoms with E-state index in [2.05, 4.69) is 11.0 Å². The number of benzene rings is 1. The zero-order chi connectivity index (χ0) is 9.97. The van der Waals surface area contributed by atoms with Crippen LogP contribution < -0.4 is 4.90 Å². The fourth-order valence-electron chi connectivity index (χ4n) is 1.90. The van der Waals surface area contributed by atoms with Crippen molar-refractivity contribution in [3.05, 3.63) is 23.8 Å². The summed E-state index contributed by atoms with van der Waals surface area (Å²) >= 11 is 0. The number of nitrogens with zero attached hydrogens (tertiary/aromatic N) is 2. The molecule has 0 radical (unpaired) electrons. The Morgan fingerprint density at radius 1 is 1.50 bits per heavy atom. The molecule has 14 heavy (non-hydrogen) atoms. The SMILES string of the molecule is N#CCCN1CCc2c(O)cccc21. The van der Waals surface area contributed by atoms with Gasteiger partial charge in [-0.2, -0.15) is 5.26 Å². The van der Waals surface area contributed by atoms with Gasteiger partial charge < -0.3 is 10.0 Å². The van der Waals surface area contributed by atoms with E-state index in [4.69, 9.17) is 5.26 Å². The third-order valence-electron chi connectivity index (χ3n) is 2.59. The van der Waals surface area contributed by atoms with E-state index in [-0.39, 0.29) is 0 Å². The predicted molar refractivity (Wildman–Crippen MR) is 54.3 cm³/mol. The van der Waals surface area contributed by atoms with E-state index in [9.17, 15) is 5.11 Å². The Kier molecular flexibility index (Phi) is 2.28. The van der Waals surface area contributed by atoms with E-state index in [1.807, 2.05) is 12.1 Å². The van der Waals surface area contributed by atoms with Crippen molar-refractivity contribution in [2.45, 2.75) is 12.8 Å². The molecule has 1 N–H and O–H groups in total. The van der Waals surface area contributed by atoms with Crippen LogP contribution in [-0.4, -0.2) is 18.2 Å². The second-order valence-electron chi connectivity index (χ2n) is 3.42. The Hall–Kier alpha value is -1.69. The summed E-state index contributed by atoms with van der Waals surface area (Å²) in [5, 5.41) is 18.1. The zero-order valence-corrected chi connectivity index (χ0v) is 7.90. The highest BCUT2D eigenvalue weighted by atomic mass is 16.3. The largest absolute Gasteiger partial charge is 0.508 e. The van der Waals surface area contributed by atoms with Crippen molar-refractivity contribution in [1.29, 1.82) is 5.26 Å². The topological polar surface area (TPSA) is 47.3 Å². The molecule has 0 aliphatic carbocycles. The van der Waals surface area contributed by atoms with Gasteiger partial charge in [0.15, 0.2) is 0 Å². The van der Waals surface area contributed by atoms with Crippen molar-refractivity contribution in [2.24, 2.45) is 0 Å². The fourth-order valence-corrected chi connectivity index (χ4v) is 1.90. The number of hydrogen-bond acceptors (Lipinski definition) is 3. The number of hydrogen-bond donors (Lipinski definition) is 1. The standard InChI is InChI=1S/C11H12N2O/c12-6-2-7-13-8-5-9-10(13)3-1-4-11(9)14/h1,3-4,14H,2,5,7-8H2. The van der Waals surface area contributed by atoms with E-state index in [0.29, 0.717) is 12.2 Å². The average molecular weight is 188 g/mol. The summed E-state index contributed by atoms with van der Waals surface area (Å²) in [4.78, 5) is 2.15. The maximum atomic E-state index is 9.58. The predicted octanol–water partition coefficient (Wildman–Crippen LogP) is 1.67. The molecular formula is C11H12N2O. The summed E-state index contributed by atoms with van der Waals surface area (Å²) in [6.45, 7) is 1.67. The molecule has 0 bridgehead atoms. The molecule has 0 saturated carbocycles. The molecule has 0 fully saturated rings. The van der Waals surface area contributed by atoms with E-state index < -0.39 is 0 Å². The molecule has 1 aromatic rings. The van der Waals surface area contributed by atoms with Crippen molar-refractivity contribution < 1.29 is 5.11 Å². The van der Waals surface area contributed by atoms with Gasteiger partial charge in [0.2, 0.25) is 0 Å². The maximum absolute atomic E-state index is 9.58. The first kappa shape index (κ1) is 8.89. The van der Waals surface area contributed by atoms with Gasteiger partial charge in [0, 0.05) is 24.3 Å². The van der Waals surface area contributed by atoms with Crippen LogP contribution in [0.1, 0.15) is 12.0 Å². The summed E-state index contributed by atoms with van der Waals surface area (Å²) in [5.41, 5.74) is 2.10. The van der Waals surface area contributed by atoms with Crippen LogP contribution in [-0.2, 0) is 6.42 Å². The minimum atomic E-state index is 0.377. The van der Waals surface area contributed by atoms with Crippen LogP contribution in [0.5, 0.6) is 5.75 Å². The summed E-state index contributed by atoms with van der Waals surface area (Å²) in [6, 6.07) is 7.70. The molecule has 3 nitrogen and oxygen atoms in total. The van der Waals surface area contributed by atoms with Crippen molar-refractivity contribution in [2.75, 3.05) is 18.0 Å². The van der Waals surface area contributed by atoms with Crippen LogP contribution in [0.4, 0.5) is 5.69 Å². The molecule has 0 atom stereocenters. The lowest BCUT2D eigenvalue weighted by Gasteiger charge is -2.17. The number of aromatic hydroxyl groups is 1. The van der Waals surface area contributed by atoms with Crippen LogP contribution in [0.15, 0.2) is 18.2 Å². The van der Waals surface area contributed by atoms with E-state index in [1.165, 1.54) is 0 Å². The van der Waals surface area contributed by atoms with Gasteiger partial charge in [-0.25, -0.2) is 0 Å². The van der Waals surface area contributed by atoms with Gasteiger partial charge in [0.05, 0.1) is 12.5 Å². The smallest absolute Gasteiger partial charge is 0.120 e. The lowest BCUT2D eigenvalue weighted by atomic mass is 10.1. The van der Waals surface area contributed by atoms with Crippen molar-refractivity contribution >= 4 is 5.69 Å². The molecule has 0 spiro atoms. The zero-order valence-electron chi connectivity index (χ0n) is 7.90. The molecule has 0 unspecified atom stereocenters. The summed E-state index contributed by atoms with van der Waals surface area (Å²) in [6.07, 6.45) is 1.42. The highest BCUT2D eigenvalue weighted by Crippen LogP contribution is 2.33. The third kappa shape index (κ3) is 1.39. The first-order chi connectivity index (χ1) is 6.83. The Morgan fingerprint density at radius 2 is 2.36 bits per heavy atom. The lowest BCUT2D eigenvalue weighted by Crippen LogP contribution is -2.21. The van der Waals surface area contributed by atoms with Crippen LogP contribution in [0.25, 0.3) is 0 Å². The lowest BCUT2D eigenvalue weighted by molar-refractivity contribution is 0.470. The summed E-state index contributed by atoms with van der Waals surface area (Å²) in [5.74, 6) is 0.377. The number of rotatable bonds is 2. The molecule has 0 amide bonds. The average Bonchev–Trinajstić information content (AvgIpc) is 2.60. The number of fused-ring (bicyclic) bond motifs is 1. The minimum Gasteiger partial charge on any atom is -0.508 e. The van der Waals surface area contributed by atoms with Gasteiger partial charge in [0.1, 0.15) is 5.75 Å². The number of phenolic OH excluding ortho intramolecular Hbond substituents is 1. The molecule has 0 aromatic heterocycles. The first-order valence-corrected chi connectivity index (χ1v) is 4.75. The van der Waals surface area contributed by atoms with Crippen LogP contribution in [0.3, 0.4) is 0 Å².